The molecule has 0 spiro atoms. The highest BCUT2D eigenvalue weighted by Crippen LogP contribution is 2.43. The molecule has 1 heterocycles. The molecule has 1 aromatic heterocycles. The van der Waals surface area contributed by atoms with Crippen molar-refractivity contribution in [2.24, 2.45) is 5.10 Å². The third kappa shape index (κ3) is 5.89. The van der Waals surface area contributed by atoms with E-state index in [1.54, 1.807) is 6.21 Å². The fraction of sp³-hybridized carbons (Fsp3) is 0.444. The van der Waals surface area contributed by atoms with Crippen LogP contribution in [-0.4, -0.2) is 28.6 Å². The quantitative estimate of drug-likeness (QED) is 0.225. The molecule has 192 valence electrons. The maximum Gasteiger partial charge on any atom is 0.282 e. The number of ether oxygens (including phenoxy) is 2. The lowest BCUT2D eigenvalue weighted by Crippen LogP contribution is -2.25. The van der Waals surface area contributed by atoms with E-state index >= 15 is 0 Å². The van der Waals surface area contributed by atoms with Gasteiger partial charge in [-0.05, 0) is 89.2 Å². The van der Waals surface area contributed by atoms with E-state index in [-0.39, 0.29) is 17.6 Å². The van der Waals surface area contributed by atoms with Crippen LogP contribution in [-0.2, 0) is 0 Å². The highest BCUT2D eigenvalue weighted by molar-refractivity contribution is 9.13. The summed E-state index contributed by atoms with van der Waals surface area (Å²) in [6.07, 6.45) is 8.10. The Morgan fingerprint density at radius 2 is 1.89 bits per heavy atom. The Bertz CT molecular complexity index is 1330. The topological polar surface area (TPSA) is 65.7 Å². The molecule has 3 aromatic rings. The maximum absolute atomic E-state index is 13.6. The Kier molecular flexibility index (Phi) is 9.28. The second kappa shape index (κ2) is 12.2. The summed E-state index contributed by atoms with van der Waals surface area (Å²) in [6, 6.07) is 7.50. The highest BCUT2D eigenvalue weighted by atomic mass is 79.9. The van der Waals surface area contributed by atoms with Gasteiger partial charge in [0.15, 0.2) is 11.5 Å². The minimum atomic E-state index is -0.171. The van der Waals surface area contributed by atoms with Crippen LogP contribution in [0, 0.1) is 0 Å². The first kappa shape index (κ1) is 27.3. The van der Waals surface area contributed by atoms with Crippen molar-refractivity contribution < 1.29 is 9.47 Å². The summed E-state index contributed by atoms with van der Waals surface area (Å²) >= 11 is 10.8. The van der Waals surface area contributed by atoms with Gasteiger partial charge in [0, 0.05) is 20.4 Å². The van der Waals surface area contributed by atoms with Crippen LogP contribution in [0.3, 0.4) is 0 Å². The zero-order valence-electron chi connectivity index (χ0n) is 20.7. The SMILES string of the molecule is CCOc1cc(C=Nn2c(C3CCCCC3)nc3ccc(Br)cc3c2=O)c(Br)c(Br)c1O[C@H](C)CC. The smallest absolute Gasteiger partial charge is 0.282 e. The zero-order valence-corrected chi connectivity index (χ0v) is 25.4. The zero-order chi connectivity index (χ0) is 25.8. The molecule has 6 nitrogen and oxygen atoms in total. The lowest BCUT2D eigenvalue weighted by molar-refractivity contribution is 0.201. The number of hydrogen-bond donors (Lipinski definition) is 0. The average Bonchev–Trinajstić information content (AvgIpc) is 2.89. The Hall–Kier alpha value is -1.71. The molecule has 9 heteroatoms. The Morgan fingerprint density at radius 3 is 2.58 bits per heavy atom. The molecule has 1 aliphatic rings. The minimum Gasteiger partial charge on any atom is -0.490 e. The molecule has 1 saturated carbocycles. The third-order valence-electron chi connectivity index (χ3n) is 6.47. The molecule has 0 saturated heterocycles. The molecule has 0 bridgehead atoms. The van der Waals surface area contributed by atoms with Gasteiger partial charge in [0.1, 0.15) is 5.82 Å². The van der Waals surface area contributed by atoms with E-state index in [1.807, 2.05) is 38.1 Å². The summed E-state index contributed by atoms with van der Waals surface area (Å²) in [5.41, 5.74) is 1.29. The molecule has 36 heavy (non-hydrogen) atoms. The molecule has 1 aliphatic carbocycles. The number of aromatic nitrogens is 2. The van der Waals surface area contributed by atoms with E-state index < -0.39 is 0 Å². The third-order valence-corrected chi connectivity index (χ3v) is 9.10. The Morgan fingerprint density at radius 1 is 1.14 bits per heavy atom. The van der Waals surface area contributed by atoms with Crippen LogP contribution in [0.4, 0.5) is 0 Å². The molecule has 1 atom stereocenters. The summed E-state index contributed by atoms with van der Waals surface area (Å²) in [7, 11) is 0. The monoisotopic (exact) mass is 681 g/mol. The number of hydrogen-bond acceptors (Lipinski definition) is 5. The summed E-state index contributed by atoms with van der Waals surface area (Å²) in [6.45, 7) is 6.53. The van der Waals surface area contributed by atoms with Crippen molar-refractivity contribution in [2.45, 2.75) is 71.3 Å². The van der Waals surface area contributed by atoms with Gasteiger partial charge in [-0.3, -0.25) is 4.79 Å². The van der Waals surface area contributed by atoms with Crippen molar-refractivity contribution in [3.05, 3.63) is 59.4 Å². The van der Waals surface area contributed by atoms with E-state index in [9.17, 15) is 4.79 Å². The van der Waals surface area contributed by atoms with E-state index in [2.05, 4.69) is 54.7 Å². The molecule has 0 radical (unpaired) electrons. The van der Waals surface area contributed by atoms with Crippen LogP contribution >= 0.6 is 47.8 Å². The van der Waals surface area contributed by atoms with Crippen LogP contribution < -0.4 is 15.0 Å². The van der Waals surface area contributed by atoms with Crippen LogP contribution in [0.1, 0.15) is 76.6 Å². The molecule has 2 aromatic carbocycles. The Labute approximate surface area is 236 Å². The van der Waals surface area contributed by atoms with Crippen molar-refractivity contribution in [3.63, 3.8) is 0 Å². The molecule has 0 aliphatic heterocycles. The molecule has 0 N–H and O–H groups in total. The largest absolute Gasteiger partial charge is 0.490 e. The van der Waals surface area contributed by atoms with E-state index in [4.69, 9.17) is 19.6 Å². The molecule has 0 unspecified atom stereocenters. The molecule has 4 rings (SSSR count). The predicted molar refractivity (Wildman–Crippen MR) is 156 cm³/mol. The Balaban J connectivity index is 1.84. The van der Waals surface area contributed by atoms with Gasteiger partial charge in [-0.25, -0.2) is 4.98 Å². The second-order valence-corrected chi connectivity index (χ2v) is 11.5. The highest BCUT2D eigenvalue weighted by Gasteiger charge is 2.23. The predicted octanol–water partition coefficient (Wildman–Crippen LogP) is 8.19. The number of benzene rings is 2. The molecular weight excluding hydrogens is 654 g/mol. The van der Waals surface area contributed by atoms with Gasteiger partial charge in [0.25, 0.3) is 5.56 Å². The van der Waals surface area contributed by atoms with E-state index in [0.29, 0.717) is 29.0 Å². The number of halogens is 3. The fourth-order valence-corrected chi connectivity index (χ4v) is 5.65. The number of fused-ring (bicyclic) bond motifs is 1. The maximum atomic E-state index is 13.6. The van der Waals surface area contributed by atoms with Crippen LogP contribution in [0.25, 0.3) is 10.9 Å². The standard InChI is InChI=1S/C27H30Br3N3O3/c1-4-16(3)36-25-22(35-5-2)13-18(23(29)24(25)30)15-31-33-26(17-9-7-6-8-10-17)32-21-12-11-19(28)14-20(21)27(33)34/h11-17H,4-10H2,1-3H3/t16-/m1/s1. The van der Waals surface area contributed by atoms with Crippen molar-refractivity contribution in [3.8, 4) is 11.5 Å². The van der Waals surface area contributed by atoms with Crippen molar-refractivity contribution >= 4 is 64.9 Å². The van der Waals surface area contributed by atoms with Crippen molar-refractivity contribution in [1.82, 2.24) is 9.66 Å². The number of nitrogens with zero attached hydrogens (tertiary/aromatic N) is 3. The lowest BCUT2D eigenvalue weighted by atomic mass is 9.88. The fourth-order valence-electron chi connectivity index (χ4n) is 4.38. The van der Waals surface area contributed by atoms with Gasteiger partial charge in [-0.2, -0.15) is 9.78 Å². The van der Waals surface area contributed by atoms with Crippen LogP contribution in [0.5, 0.6) is 11.5 Å². The van der Waals surface area contributed by atoms with E-state index in [0.717, 1.165) is 56.9 Å². The summed E-state index contributed by atoms with van der Waals surface area (Å²) < 4.78 is 15.9. The molecule has 1 fully saturated rings. The molecule has 0 amide bonds. The summed E-state index contributed by atoms with van der Waals surface area (Å²) in [5, 5.41) is 5.23. The molecular formula is C27H30Br3N3O3. The van der Waals surface area contributed by atoms with Crippen molar-refractivity contribution in [1.29, 1.82) is 0 Å². The minimum absolute atomic E-state index is 0.0338. The van der Waals surface area contributed by atoms with Crippen LogP contribution in [0.15, 0.2) is 47.6 Å². The summed E-state index contributed by atoms with van der Waals surface area (Å²) in [5.74, 6) is 2.20. The average molecular weight is 684 g/mol. The van der Waals surface area contributed by atoms with Crippen molar-refractivity contribution in [2.75, 3.05) is 6.61 Å². The number of rotatable bonds is 8. The first-order valence-corrected chi connectivity index (χ1v) is 14.8. The van der Waals surface area contributed by atoms with E-state index in [1.165, 1.54) is 11.1 Å². The summed E-state index contributed by atoms with van der Waals surface area (Å²) in [4.78, 5) is 18.5. The van der Waals surface area contributed by atoms with Gasteiger partial charge < -0.3 is 9.47 Å². The first-order chi connectivity index (χ1) is 17.3. The van der Waals surface area contributed by atoms with Crippen LogP contribution in [0.2, 0.25) is 0 Å². The van der Waals surface area contributed by atoms with Gasteiger partial charge in [-0.1, -0.05) is 42.1 Å². The first-order valence-electron chi connectivity index (χ1n) is 12.4. The van der Waals surface area contributed by atoms with Gasteiger partial charge >= 0.3 is 0 Å². The van der Waals surface area contributed by atoms with Gasteiger partial charge in [0.2, 0.25) is 0 Å². The van der Waals surface area contributed by atoms with Gasteiger partial charge in [-0.15, -0.1) is 0 Å². The normalized spacial score (nSPS) is 15.5. The second-order valence-electron chi connectivity index (χ2n) is 9.02. The van der Waals surface area contributed by atoms with Gasteiger partial charge in [0.05, 0.1) is 34.3 Å². The lowest BCUT2D eigenvalue weighted by Gasteiger charge is -2.23.